The smallest absolute Gasteiger partial charge is 0.293 e. The van der Waals surface area contributed by atoms with Gasteiger partial charge in [-0.3, -0.25) is 4.79 Å². The molecule has 0 N–H and O–H groups in total. The van der Waals surface area contributed by atoms with Gasteiger partial charge in [-0.1, -0.05) is 0 Å². The quantitative estimate of drug-likeness (QED) is 0.450. The Kier molecular flexibility index (Phi) is 2.21. The van der Waals surface area contributed by atoms with Gasteiger partial charge in [0.1, 0.15) is 12.2 Å². The first kappa shape index (κ1) is 7.73. The highest BCUT2D eigenvalue weighted by Gasteiger charge is 2.37. The van der Waals surface area contributed by atoms with Gasteiger partial charge in [0.05, 0.1) is 0 Å². The van der Waals surface area contributed by atoms with Crippen LogP contribution in [0.1, 0.15) is 6.42 Å². The number of carbonyl (C=O) groups is 1. The van der Waals surface area contributed by atoms with E-state index in [2.05, 4.69) is 4.74 Å². The molecule has 1 rings (SSSR count). The maximum absolute atomic E-state index is 12.2. The number of halogens is 1. The summed E-state index contributed by atoms with van der Waals surface area (Å²) in [5.41, 5.74) is 0. The van der Waals surface area contributed by atoms with Gasteiger partial charge in [0.15, 0.2) is 5.83 Å². The van der Waals surface area contributed by atoms with E-state index in [1.165, 1.54) is 12.1 Å². The summed E-state index contributed by atoms with van der Waals surface area (Å²) in [5.74, 6) is -0.910. The molecule has 58 valence electrons. The molecule has 0 radical (unpaired) electrons. The molecule has 1 fully saturated rings. The Morgan fingerprint density at radius 3 is 3.09 bits per heavy atom. The zero-order chi connectivity index (χ0) is 8.27. The Morgan fingerprint density at radius 2 is 2.55 bits per heavy atom. The predicted molar refractivity (Wildman–Crippen MR) is 33.8 cm³/mol. The SMILES string of the molecule is N#CC(F)=CC1CC1OC=O. The van der Waals surface area contributed by atoms with Crippen molar-refractivity contribution in [3.05, 3.63) is 11.9 Å². The van der Waals surface area contributed by atoms with Crippen molar-refractivity contribution in [1.29, 1.82) is 5.26 Å². The molecule has 0 amide bonds. The maximum atomic E-state index is 12.2. The molecule has 0 bridgehead atoms. The molecule has 0 aromatic heterocycles. The van der Waals surface area contributed by atoms with E-state index in [4.69, 9.17) is 5.26 Å². The number of allylic oxidation sites excluding steroid dienone is 1. The zero-order valence-corrected chi connectivity index (χ0v) is 5.66. The van der Waals surface area contributed by atoms with E-state index < -0.39 is 5.83 Å². The largest absolute Gasteiger partial charge is 0.464 e. The molecule has 0 aromatic rings. The molecule has 1 aliphatic carbocycles. The van der Waals surface area contributed by atoms with Crippen LogP contribution in [0.4, 0.5) is 4.39 Å². The van der Waals surface area contributed by atoms with E-state index >= 15 is 0 Å². The lowest BCUT2D eigenvalue weighted by molar-refractivity contribution is -0.130. The summed E-state index contributed by atoms with van der Waals surface area (Å²) in [6.07, 6.45) is 1.58. The van der Waals surface area contributed by atoms with Crippen LogP contribution in [-0.4, -0.2) is 12.6 Å². The van der Waals surface area contributed by atoms with E-state index in [0.29, 0.717) is 12.9 Å². The molecular formula is C7H6FNO2. The zero-order valence-electron chi connectivity index (χ0n) is 5.66. The molecule has 0 heterocycles. The van der Waals surface area contributed by atoms with Crippen LogP contribution in [0.2, 0.25) is 0 Å². The molecule has 2 atom stereocenters. The molecule has 11 heavy (non-hydrogen) atoms. The third kappa shape index (κ3) is 2.04. The summed E-state index contributed by atoms with van der Waals surface area (Å²) in [6.45, 7) is 0.336. The van der Waals surface area contributed by atoms with Gasteiger partial charge in [0, 0.05) is 5.92 Å². The van der Waals surface area contributed by atoms with Crippen LogP contribution in [0.5, 0.6) is 0 Å². The summed E-state index contributed by atoms with van der Waals surface area (Å²) >= 11 is 0. The number of rotatable bonds is 3. The Balaban J connectivity index is 2.34. The lowest BCUT2D eigenvalue weighted by Gasteiger charge is -1.89. The summed E-state index contributed by atoms with van der Waals surface area (Å²) in [6, 6.07) is 1.35. The number of ether oxygens (including phenoxy) is 1. The fourth-order valence-electron chi connectivity index (χ4n) is 0.818. The lowest BCUT2D eigenvalue weighted by Crippen LogP contribution is -1.92. The third-order valence-electron chi connectivity index (χ3n) is 1.48. The number of nitriles is 1. The summed E-state index contributed by atoms with van der Waals surface area (Å²) < 4.78 is 16.7. The highest BCUT2D eigenvalue weighted by atomic mass is 19.1. The Hall–Kier alpha value is -1.37. The van der Waals surface area contributed by atoms with Gasteiger partial charge in [0.25, 0.3) is 6.47 Å². The molecular weight excluding hydrogens is 149 g/mol. The van der Waals surface area contributed by atoms with Gasteiger partial charge in [0.2, 0.25) is 0 Å². The van der Waals surface area contributed by atoms with Crippen molar-refractivity contribution in [2.75, 3.05) is 0 Å². The van der Waals surface area contributed by atoms with Crippen LogP contribution in [0, 0.1) is 17.2 Å². The second-order valence-corrected chi connectivity index (χ2v) is 2.30. The standard InChI is InChI=1S/C7H6FNO2/c8-6(3-9)1-5-2-7(5)11-4-10/h1,4-5,7H,2H2. The highest BCUT2D eigenvalue weighted by molar-refractivity contribution is 5.38. The topological polar surface area (TPSA) is 50.1 Å². The fourth-order valence-corrected chi connectivity index (χ4v) is 0.818. The Labute approximate surface area is 63.1 Å². The van der Waals surface area contributed by atoms with E-state index in [-0.39, 0.29) is 12.0 Å². The molecule has 3 nitrogen and oxygen atoms in total. The Morgan fingerprint density at radius 1 is 1.82 bits per heavy atom. The number of hydrogen-bond donors (Lipinski definition) is 0. The second-order valence-electron chi connectivity index (χ2n) is 2.30. The van der Waals surface area contributed by atoms with Crippen LogP contribution in [0.3, 0.4) is 0 Å². The van der Waals surface area contributed by atoms with E-state index in [9.17, 15) is 9.18 Å². The molecule has 4 heteroatoms. The van der Waals surface area contributed by atoms with E-state index in [0.717, 1.165) is 0 Å². The number of hydrogen-bond acceptors (Lipinski definition) is 3. The number of nitrogens with zero attached hydrogens (tertiary/aromatic N) is 1. The summed E-state index contributed by atoms with van der Waals surface area (Å²) in [4.78, 5) is 9.75. The monoisotopic (exact) mass is 155 g/mol. The predicted octanol–water partition coefficient (Wildman–Crippen LogP) is 0.925. The van der Waals surface area contributed by atoms with Crippen molar-refractivity contribution >= 4 is 6.47 Å². The normalized spacial score (nSPS) is 28.9. The van der Waals surface area contributed by atoms with Crippen molar-refractivity contribution in [2.45, 2.75) is 12.5 Å². The van der Waals surface area contributed by atoms with Crippen LogP contribution < -0.4 is 0 Å². The van der Waals surface area contributed by atoms with Crippen LogP contribution in [0.15, 0.2) is 11.9 Å². The molecule has 0 saturated heterocycles. The average Bonchev–Trinajstić information content (AvgIpc) is 2.69. The molecule has 2 unspecified atom stereocenters. The first-order valence-electron chi connectivity index (χ1n) is 3.14. The number of carbonyl (C=O) groups excluding carboxylic acids is 1. The first-order valence-corrected chi connectivity index (χ1v) is 3.14. The van der Waals surface area contributed by atoms with Crippen molar-refractivity contribution in [3.8, 4) is 6.07 Å². The minimum Gasteiger partial charge on any atom is -0.464 e. The summed E-state index contributed by atoms with van der Waals surface area (Å²) in [7, 11) is 0. The molecule has 1 saturated carbocycles. The molecule has 0 aromatic carbocycles. The van der Waals surface area contributed by atoms with E-state index in [1.54, 1.807) is 0 Å². The second kappa shape index (κ2) is 3.15. The van der Waals surface area contributed by atoms with Gasteiger partial charge >= 0.3 is 0 Å². The van der Waals surface area contributed by atoms with Crippen LogP contribution in [-0.2, 0) is 9.53 Å². The van der Waals surface area contributed by atoms with Crippen molar-refractivity contribution in [1.82, 2.24) is 0 Å². The van der Waals surface area contributed by atoms with Crippen molar-refractivity contribution in [3.63, 3.8) is 0 Å². The lowest BCUT2D eigenvalue weighted by atomic mass is 10.3. The van der Waals surface area contributed by atoms with E-state index in [1.807, 2.05) is 0 Å². The van der Waals surface area contributed by atoms with Gasteiger partial charge in [-0.25, -0.2) is 0 Å². The molecule has 0 spiro atoms. The van der Waals surface area contributed by atoms with Gasteiger partial charge in [-0.2, -0.15) is 9.65 Å². The fraction of sp³-hybridized carbons (Fsp3) is 0.429. The Bertz CT molecular complexity index is 231. The minimum atomic E-state index is -0.813. The van der Waals surface area contributed by atoms with Gasteiger partial charge < -0.3 is 4.74 Å². The van der Waals surface area contributed by atoms with Crippen LogP contribution in [0.25, 0.3) is 0 Å². The van der Waals surface area contributed by atoms with Crippen molar-refractivity contribution < 1.29 is 13.9 Å². The molecule has 1 aliphatic rings. The van der Waals surface area contributed by atoms with Gasteiger partial charge in [-0.15, -0.1) is 0 Å². The third-order valence-corrected chi connectivity index (χ3v) is 1.48. The average molecular weight is 155 g/mol. The summed E-state index contributed by atoms with van der Waals surface area (Å²) in [5, 5.41) is 8.02. The highest BCUT2D eigenvalue weighted by Crippen LogP contribution is 2.35. The van der Waals surface area contributed by atoms with Crippen LogP contribution >= 0.6 is 0 Å². The maximum Gasteiger partial charge on any atom is 0.293 e. The first-order chi connectivity index (χ1) is 5.27. The minimum absolute atomic E-state index is 0.0974. The van der Waals surface area contributed by atoms with Crippen molar-refractivity contribution in [2.24, 2.45) is 5.92 Å². The molecule has 0 aliphatic heterocycles. The van der Waals surface area contributed by atoms with Gasteiger partial charge in [-0.05, 0) is 12.5 Å².